The maximum atomic E-state index is 13.1. The summed E-state index contributed by atoms with van der Waals surface area (Å²) in [7, 11) is 0. The van der Waals surface area contributed by atoms with Gasteiger partial charge in [0.25, 0.3) is 0 Å². The normalized spacial score (nSPS) is 17.4. The Morgan fingerprint density at radius 3 is 2.57 bits per heavy atom. The van der Waals surface area contributed by atoms with E-state index in [2.05, 4.69) is 57.2 Å². The first-order valence-electron chi connectivity index (χ1n) is 12.3. The second kappa shape index (κ2) is 10.6. The van der Waals surface area contributed by atoms with Crippen molar-refractivity contribution < 1.29 is 4.79 Å². The van der Waals surface area contributed by atoms with Crippen molar-refractivity contribution in [3.63, 3.8) is 0 Å². The molecule has 0 bridgehead atoms. The Labute approximate surface area is 211 Å². The topological polar surface area (TPSA) is 50.2 Å². The summed E-state index contributed by atoms with van der Waals surface area (Å²) in [5, 5.41) is 3.96. The van der Waals surface area contributed by atoms with Crippen molar-refractivity contribution in [1.29, 1.82) is 0 Å². The van der Waals surface area contributed by atoms with E-state index in [0.717, 1.165) is 66.5 Å². The van der Waals surface area contributed by atoms with Gasteiger partial charge in [-0.1, -0.05) is 66.2 Å². The van der Waals surface area contributed by atoms with Crippen LogP contribution in [0.15, 0.2) is 78.9 Å². The number of piperidine rings is 1. The van der Waals surface area contributed by atoms with Crippen LogP contribution in [-0.2, 0) is 17.9 Å². The van der Waals surface area contributed by atoms with Crippen molar-refractivity contribution in [2.75, 3.05) is 13.1 Å². The predicted molar refractivity (Wildman–Crippen MR) is 141 cm³/mol. The summed E-state index contributed by atoms with van der Waals surface area (Å²) >= 11 is 6.10. The van der Waals surface area contributed by atoms with Gasteiger partial charge in [0.15, 0.2) is 0 Å². The van der Waals surface area contributed by atoms with Crippen LogP contribution in [0.3, 0.4) is 0 Å². The van der Waals surface area contributed by atoms with Crippen molar-refractivity contribution in [2.45, 2.75) is 38.9 Å². The van der Waals surface area contributed by atoms with Gasteiger partial charge in [-0.2, -0.15) is 0 Å². The number of halogens is 1. The zero-order chi connectivity index (χ0) is 24.2. The number of carbonyl (C=O) groups is 1. The van der Waals surface area contributed by atoms with Gasteiger partial charge in [-0.15, -0.1) is 0 Å². The molecule has 3 aromatic carbocycles. The molecule has 0 aliphatic carbocycles. The molecule has 0 radical (unpaired) electrons. The molecule has 0 unspecified atom stereocenters. The van der Waals surface area contributed by atoms with Crippen LogP contribution in [0.25, 0.3) is 11.0 Å². The smallest absolute Gasteiger partial charge is 0.224 e. The fourth-order valence-electron chi connectivity index (χ4n) is 4.96. The minimum atomic E-state index is -0.0102. The van der Waals surface area contributed by atoms with Gasteiger partial charge in [0.2, 0.25) is 5.91 Å². The van der Waals surface area contributed by atoms with Crippen LogP contribution in [0.2, 0.25) is 5.02 Å². The monoisotopic (exact) mass is 486 g/mol. The number of nitrogens with one attached hydrogen (secondary N) is 1. The summed E-state index contributed by atoms with van der Waals surface area (Å²) in [6.07, 6.45) is 1.93. The third kappa shape index (κ3) is 5.58. The third-order valence-corrected chi connectivity index (χ3v) is 7.14. The highest BCUT2D eigenvalue weighted by atomic mass is 35.5. The van der Waals surface area contributed by atoms with E-state index in [1.165, 1.54) is 5.56 Å². The van der Waals surface area contributed by atoms with E-state index >= 15 is 0 Å². The number of benzene rings is 3. The summed E-state index contributed by atoms with van der Waals surface area (Å²) in [6.45, 7) is 5.23. The summed E-state index contributed by atoms with van der Waals surface area (Å²) < 4.78 is 2.29. The van der Waals surface area contributed by atoms with Crippen molar-refractivity contribution in [1.82, 2.24) is 19.8 Å². The van der Waals surface area contributed by atoms with Gasteiger partial charge in [0.1, 0.15) is 5.82 Å². The number of fused-ring (bicyclic) bond motifs is 1. The molecule has 0 spiro atoms. The molecule has 2 atom stereocenters. The standard InChI is InChI=1S/C29H31ClN4O/c1-21(23-8-3-2-4-9-23)31-29(35)24-10-7-17-33(19-24)20-28-32-26-11-5-6-12-27(26)34(28)18-22-13-15-25(30)16-14-22/h2-6,8-9,11-16,21,24H,7,10,17-20H2,1H3,(H,31,35)/t21-,24-/m0/s1. The van der Waals surface area contributed by atoms with Crippen molar-refractivity contribution >= 4 is 28.5 Å². The first-order chi connectivity index (χ1) is 17.1. The molecule has 0 saturated carbocycles. The first kappa shape index (κ1) is 23.6. The van der Waals surface area contributed by atoms with Gasteiger partial charge in [0.05, 0.1) is 29.5 Å². The summed E-state index contributed by atoms with van der Waals surface area (Å²) in [5.41, 5.74) is 4.44. The van der Waals surface area contributed by atoms with Crippen molar-refractivity contribution in [3.05, 3.63) is 101 Å². The molecule has 5 rings (SSSR count). The highest BCUT2D eigenvalue weighted by Gasteiger charge is 2.28. The van der Waals surface area contributed by atoms with Crippen molar-refractivity contribution in [3.8, 4) is 0 Å². The Morgan fingerprint density at radius 2 is 1.77 bits per heavy atom. The molecule has 1 amide bonds. The highest BCUT2D eigenvalue weighted by Crippen LogP contribution is 2.24. The molecule has 1 aromatic heterocycles. The Balaban J connectivity index is 1.30. The Kier molecular flexibility index (Phi) is 7.16. The minimum Gasteiger partial charge on any atom is -0.349 e. The lowest BCUT2D eigenvalue weighted by Crippen LogP contribution is -2.43. The second-order valence-corrected chi connectivity index (χ2v) is 9.88. The number of imidazole rings is 1. The predicted octanol–water partition coefficient (Wildman–Crippen LogP) is 5.83. The lowest BCUT2D eigenvalue weighted by Gasteiger charge is -2.32. The van der Waals surface area contributed by atoms with Crippen LogP contribution in [0.5, 0.6) is 0 Å². The number of aromatic nitrogens is 2. The average molecular weight is 487 g/mol. The molecule has 2 heterocycles. The summed E-state index contributed by atoms with van der Waals surface area (Å²) in [4.78, 5) is 20.4. The van der Waals surface area contributed by atoms with Gasteiger partial charge in [-0.3, -0.25) is 9.69 Å². The maximum Gasteiger partial charge on any atom is 0.224 e. The molecule has 1 N–H and O–H groups in total. The number of nitrogens with zero attached hydrogens (tertiary/aromatic N) is 3. The van der Waals surface area contributed by atoms with Crippen LogP contribution in [0.1, 0.15) is 42.8 Å². The molecular weight excluding hydrogens is 456 g/mol. The summed E-state index contributed by atoms with van der Waals surface area (Å²) in [6, 6.07) is 26.4. The number of hydrogen-bond donors (Lipinski definition) is 1. The SMILES string of the molecule is C[C@H](NC(=O)[C@H]1CCCN(Cc2nc3ccccc3n2Cc2ccc(Cl)cc2)C1)c1ccccc1. The Morgan fingerprint density at radius 1 is 1.03 bits per heavy atom. The van der Waals surface area contributed by atoms with Gasteiger partial charge >= 0.3 is 0 Å². The van der Waals surface area contributed by atoms with Crippen molar-refractivity contribution in [2.24, 2.45) is 5.92 Å². The van der Waals surface area contributed by atoms with Crippen LogP contribution in [0, 0.1) is 5.92 Å². The number of hydrogen-bond acceptors (Lipinski definition) is 3. The number of rotatable bonds is 7. The second-order valence-electron chi connectivity index (χ2n) is 9.44. The maximum absolute atomic E-state index is 13.1. The third-order valence-electron chi connectivity index (χ3n) is 6.89. The van der Waals surface area contributed by atoms with Gasteiger partial charge in [0, 0.05) is 18.1 Å². The van der Waals surface area contributed by atoms with E-state index in [0.29, 0.717) is 0 Å². The van der Waals surface area contributed by atoms with Crippen LogP contribution < -0.4 is 5.32 Å². The molecule has 1 saturated heterocycles. The van der Waals surface area contributed by atoms with E-state index < -0.39 is 0 Å². The molecule has 1 aliphatic heterocycles. The van der Waals surface area contributed by atoms with Crippen LogP contribution >= 0.6 is 11.6 Å². The fraction of sp³-hybridized carbons (Fsp3) is 0.310. The first-order valence-corrected chi connectivity index (χ1v) is 12.7. The number of amides is 1. The minimum absolute atomic E-state index is 0.00245. The molecule has 1 aliphatic rings. The zero-order valence-corrected chi connectivity index (χ0v) is 20.8. The van der Waals surface area contributed by atoms with Gasteiger partial charge in [-0.05, 0) is 61.7 Å². The Bertz CT molecular complexity index is 1290. The van der Waals surface area contributed by atoms with Crippen LogP contribution in [-0.4, -0.2) is 33.4 Å². The quantitative estimate of drug-likeness (QED) is 0.357. The highest BCUT2D eigenvalue weighted by molar-refractivity contribution is 6.30. The number of carbonyl (C=O) groups excluding carboxylic acids is 1. The molecule has 5 nitrogen and oxygen atoms in total. The van der Waals surface area contributed by atoms with Crippen LogP contribution in [0.4, 0.5) is 0 Å². The van der Waals surface area contributed by atoms with E-state index in [1.807, 2.05) is 43.3 Å². The molecule has 6 heteroatoms. The molecular formula is C29H31ClN4O. The number of para-hydroxylation sites is 2. The zero-order valence-electron chi connectivity index (χ0n) is 20.0. The lowest BCUT2D eigenvalue weighted by atomic mass is 9.96. The Hall–Kier alpha value is -3.15. The lowest BCUT2D eigenvalue weighted by molar-refractivity contribution is -0.127. The van der Waals surface area contributed by atoms with E-state index in [9.17, 15) is 4.79 Å². The number of likely N-dealkylation sites (tertiary alicyclic amines) is 1. The molecule has 180 valence electrons. The van der Waals surface area contributed by atoms with Gasteiger partial charge in [-0.25, -0.2) is 4.98 Å². The molecule has 4 aromatic rings. The summed E-state index contributed by atoms with van der Waals surface area (Å²) in [5.74, 6) is 1.16. The largest absolute Gasteiger partial charge is 0.349 e. The average Bonchev–Trinajstić information content (AvgIpc) is 3.22. The van der Waals surface area contributed by atoms with E-state index in [4.69, 9.17) is 16.6 Å². The van der Waals surface area contributed by atoms with E-state index in [1.54, 1.807) is 0 Å². The fourth-order valence-corrected chi connectivity index (χ4v) is 5.09. The van der Waals surface area contributed by atoms with Gasteiger partial charge < -0.3 is 9.88 Å². The van der Waals surface area contributed by atoms with E-state index in [-0.39, 0.29) is 17.9 Å². The molecule has 1 fully saturated rings. The molecule has 35 heavy (non-hydrogen) atoms.